The summed E-state index contributed by atoms with van der Waals surface area (Å²) < 4.78 is 5.80. The van der Waals surface area contributed by atoms with Crippen molar-refractivity contribution in [2.75, 3.05) is 18.6 Å². The summed E-state index contributed by atoms with van der Waals surface area (Å²) in [6.45, 7) is 2.13. The number of nitrogens with zero attached hydrogens (tertiary/aromatic N) is 1. The highest BCUT2D eigenvalue weighted by Gasteiger charge is 2.30. The molecule has 2 amide bonds. The Morgan fingerprint density at radius 1 is 1.09 bits per heavy atom. The number of H-pyrrole nitrogens is 1. The first-order chi connectivity index (χ1) is 15.5. The molecular weight excluding hydrogens is 402 g/mol. The summed E-state index contributed by atoms with van der Waals surface area (Å²) >= 11 is 0. The molecule has 1 aliphatic heterocycles. The standard InChI is InChI=1S/C26H23N3O3/c1-16-7-9-17(10-8-16)20-14-27-21-12-11-18(13-19(20)21)25(30)28-22-15-32-24-6-4-3-5-23(24)29(2)26(22)31/h3-14,22,27H,15H2,1-2H3,(H,28,30)/t22-/m0/s1. The van der Waals surface area contributed by atoms with Crippen molar-refractivity contribution >= 4 is 28.4 Å². The number of hydrogen-bond donors (Lipinski definition) is 2. The third-order valence-electron chi connectivity index (χ3n) is 5.87. The lowest BCUT2D eigenvalue weighted by atomic mass is 10.0. The predicted octanol–water partition coefficient (Wildman–Crippen LogP) is 4.30. The maximum absolute atomic E-state index is 13.1. The number of hydrogen-bond acceptors (Lipinski definition) is 3. The first-order valence-corrected chi connectivity index (χ1v) is 10.5. The van der Waals surface area contributed by atoms with Gasteiger partial charge in [0.1, 0.15) is 18.4 Å². The minimum Gasteiger partial charge on any atom is -0.489 e. The first-order valence-electron chi connectivity index (χ1n) is 10.5. The molecule has 2 heterocycles. The van der Waals surface area contributed by atoms with Crippen LogP contribution >= 0.6 is 0 Å². The predicted molar refractivity (Wildman–Crippen MR) is 125 cm³/mol. The van der Waals surface area contributed by atoms with E-state index in [-0.39, 0.29) is 18.4 Å². The third-order valence-corrected chi connectivity index (χ3v) is 5.87. The normalized spacial score (nSPS) is 15.8. The number of carbonyl (C=O) groups is 2. The van der Waals surface area contributed by atoms with E-state index in [1.54, 1.807) is 13.1 Å². The number of anilines is 1. The van der Waals surface area contributed by atoms with Crippen LogP contribution in [0.15, 0.2) is 72.9 Å². The third kappa shape index (κ3) is 3.50. The SMILES string of the molecule is Cc1ccc(-c2c[nH]c3ccc(C(=O)N[C@H]4COc5ccccc5N(C)C4=O)cc23)cc1. The van der Waals surface area contributed by atoms with Crippen molar-refractivity contribution in [2.45, 2.75) is 13.0 Å². The van der Waals surface area contributed by atoms with Crippen molar-refractivity contribution in [3.05, 3.63) is 84.1 Å². The molecule has 0 bridgehead atoms. The van der Waals surface area contributed by atoms with Gasteiger partial charge in [0.25, 0.3) is 11.8 Å². The molecule has 0 saturated carbocycles. The van der Waals surface area contributed by atoms with Gasteiger partial charge in [-0.15, -0.1) is 0 Å². The van der Waals surface area contributed by atoms with E-state index in [4.69, 9.17) is 4.74 Å². The van der Waals surface area contributed by atoms with Gasteiger partial charge in [0.05, 0.1) is 5.69 Å². The van der Waals surface area contributed by atoms with Crippen LogP contribution in [0.3, 0.4) is 0 Å². The van der Waals surface area contributed by atoms with Crippen LogP contribution in [-0.4, -0.2) is 36.5 Å². The Bertz CT molecular complexity index is 1320. The van der Waals surface area contributed by atoms with Gasteiger partial charge < -0.3 is 19.9 Å². The minimum atomic E-state index is -0.779. The summed E-state index contributed by atoms with van der Waals surface area (Å²) in [5.41, 5.74) is 5.41. The van der Waals surface area contributed by atoms with Gasteiger partial charge in [0, 0.05) is 35.3 Å². The number of fused-ring (bicyclic) bond motifs is 2. The van der Waals surface area contributed by atoms with E-state index in [1.807, 2.05) is 42.6 Å². The number of para-hydroxylation sites is 2. The van der Waals surface area contributed by atoms with Gasteiger partial charge in [-0.1, -0.05) is 42.0 Å². The van der Waals surface area contributed by atoms with Crippen LogP contribution in [-0.2, 0) is 4.79 Å². The summed E-state index contributed by atoms with van der Waals surface area (Å²) in [4.78, 5) is 30.8. The first kappa shape index (κ1) is 19.9. The lowest BCUT2D eigenvalue weighted by Gasteiger charge is -2.20. The molecule has 32 heavy (non-hydrogen) atoms. The van der Waals surface area contributed by atoms with Crippen molar-refractivity contribution < 1.29 is 14.3 Å². The van der Waals surface area contributed by atoms with E-state index in [0.29, 0.717) is 17.0 Å². The second kappa shape index (κ2) is 7.89. The van der Waals surface area contributed by atoms with Gasteiger partial charge in [0.2, 0.25) is 0 Å². The summed E-state index contributed by atoms with van der Waals surface area (Å²) in [5, 5.41) is 3.80. The maximum Gasteiger partial charge on any atom is 0.252 e. The largest absolute Gasteiger partial charge is 0.489 e. The Kier molecular flexibility index (Phi) is 4.90. The molecule has 0 aliphatic carbocycles. The highest BCUT2D eigenvalue weighted by molar-refractivity contribution is 6.06. The van der Waals surface area contributed by atoms with E-state index in [9.17, 15) is 9.59 Å². The molecule has 1 aliphatic rings. The van der Waals surface area contributed by atoms with Gasteiger partial charge in [-0.3, -0.25) is 9.59 Å². The molecule has 1 aromatic heterocycles. The second-order valence-electron chi connectivity index (χ2n) is 8.03. The molecular formula is C26H23N3O3. The Morgan fingerprint density at radius 3 is 2.69 bits per heavy atom. The minimum absolute atomic E-state index is 0.0763. The smallest absolute Gasteiger partial charge is 0.252 e. The van der Waals surface area contributed by atoms with E-state index in [1.165, 1.54) is 10.5 Å². The van der Waals surface area contributed by atoms with Gasteiger partial charge in [-0.2, -0.15) is 0 Å². The average molecular weight is 425 g/mol. The molecule has 5 rings (SSSR count). The van der Waals surface area contributed by atoms with E-state index in [2.05, 4.69) is 41.5 Å². The molecule has 6 nitrogen and oxygen atoms in total. The van der Waals surface area contributed by atoms with Crippen LogP contribution in [0.1, 0.15) is 15.9 Å². The molecule has 4 aromatic rings. The average Bonchev–Trinajstić information content (AvgIpc) is 3.20. The Labute approximate surface area is 185 Å². The number of benzene rings is 3. The maximum atomic E-state index is 13.1. The van der Waals surface area contributed by atoms with Crippen molar-refractivity contribution in [3.63, 3.8) is 0 Å². The highest BCUT2D eigenvalue weighted by Crippen LogP contribution is 2.31. The number of ether oxygens (including phenoxy) is 1. The molecule has 0 saturated heterocycles. The number of rotatable bonds is 3. The van der Waals surface area contributed by atoms with Gasteiger partial charge >= 0.3 is 0 Å². The Morgan fingerprint density at radius 2 is 1.88 bits per heavy atom. The van der Waals surface area contributed by atoms with Gasteiger partial charge in [0.15, 0.2) is 0 Å². The molecule has 3 aromatic carbocycles. The van der Waals surface area contributed by atoms with Crippen molar-refractivity contribution in [3.8, 4) is 16.9 Å². The number of aryl methyl sites for hydroxylation is 1. The number of amides is 2. The fourth-order valence-electron chi connectivity index (χ4n) is 4.03. The summed E-state index contributed by atoms with van der Waals surface area (Å²) in [5.74, 6) is 0.0900. The molecule has 0 radical (unpaired) electrons. The van der Waals surface area contributed by atoms with Crippen LogP contribution in [0.5, 0.6) is 5.75 Å². The zero-order valence-corrected chi connectivity index (χ0v) is 17.9. The molecule has 1 atom stereocenters. The summed E-state index contributed by atoms with van der Waals surface area (Å²) in [6.07, 6.45) is 1.95. The lowest BCUT2D eigenvalue weighted by molar-refractivity contribution is -0.120. The number of nitrogens with one attached hydrogen (secondary N) is 2. The number of carbonyl (C=O) groups excluding carboxylic acids is 2. The van der Waals surface area contributed by atoms with Crippen LogP contribution in [0.25, 0.3) is 22.0 Å². The van der Waals surface area contributed by atoms with Crippen LogP contribution < -0.4 is 15.0 Å². The van der Waals surface area contributed by atoms with Gasteiger partial charge in [-0.05, 0) is 42.8 Å². The van der Waals surface area contributed by atoms with Crippen molar-refractivity contribution in [1.82, 2.24) is 10.3 Å². The zero-order valence-electron chi connectivity index (χ0n) is 17.9. The fraction of sp³-hybridized carbons (Fsp3) is 0.154. The van der Waals surface area contributed by atoms with Crippen LogP contribution in [0, 0.1) is 6.92 Å². The molecule has 0 unspecified atom stereocenters. The number of aromatic amines is 1. The zero-order chi connectivity index (χ0) is 22.2. The highest BCUT2D eigenvalue weighted by atomic mass is 16.5. The van der Waals surface area contributed by atoms with Gasteiger partial charge in [-0.25, -0.2) is 0 Å². The molecule has 6 heteroatoms. The Balaban J connectivity index is 1.41. The van der Waals surface area contributed by atoms with Crippen LogP contribution in [0.2, 0.25) is 0 Å². The summed E-state index contributed by atoms with van der Waals surface area (Å²) in [7, 11) is 1.69. The van der Waals surface area contributed by atoms with Crippen molar-refractivity contribution in [1.29, 1.82) is 0 Å². The Hall–Kier alpha value is -4.06. The molecule has 2 N–H and O–H groups in total. The molecule has 160 valence electrons. The van der Waals surface area contributed by atoms with E-state index >= 15 is 0 Å². The number of aromatic nitrogens is 1. The molecule has 0 spiro atoms. The topological polar surface area (TPSA) is 74.4 Å². The number of likely N-dealkylation sites (N-methyl/N-ethyl adjacent to an activating group) is 1. The van der Waals surface area contributed by atoms with Crippen molar-refractivity contribution in [2.24, 2.45) is 0 Å². The van der Waals surface area contributed by atoms with E-state index < -0.39 is 6.04 Å². The second-order valence-corrected chi connectivity index (χ2v) is 8.03. The summed E-state index contributed by atoms with van der Waals surface area (Å²) in [6, 6.07) is 20.3. The lowest BCUT2D eigenvalue weighted by Crippen LogP contribution is -2.49. The molecule has 0 fully saturated rings. The monoisotopic (exact) mass is 425 g/mol. The van der Waals surface area contributed by atoms with Crippen LogP contribution in [0.4, 0.5) is 5.69 Å². The fourth-order valence-corrected chi connectivity index (χ4v) is 4.03. The quantitative estimate of drug-likeness (QED) is 0.514. The van der Waals surface area contributed by atoms with E-state index in [0.717, 1.165) is 22.0 Å².